The van der Waals surface area contributed by atoms with Crippen molar-refractivity contribution < 1.29 is 52.2 Å². The first-order valence-corrected chi connectivity index (χ1v) is 29.9. The van der Waals surface area contributed by atoms with Crippen LogP contribution in [-0.2, 0) is 42.2 Å². The number of rotatable bonds is 50. The molecule has 0 spiro atoms. The van der Waals surface area contributed by atoms with Gasteiger partial charge >= 0.3 is 25.7 Å². The fourth-order valence-electron chi connectivity index (χ4n) is 6.69. The van der Waals surface area contributed by atoms with Gasteiger partial charge in [-0.25, -0.2) is 4.57 Å². The zero-order chi connectivity index (χ0) is 55.5. The molecule has 0 heterocycles. The molecule has 3 atom stereocenters. The Kier molecular flexibility index (Phi) is 52.7. The highest BCUT2D eigenvalue weighted by Gasteiger charge is 2.28. The first kappa shape index (κ1) is 71.1. The highest BCUT2D eigenvalue weighted by molar-refractivity contribution is 7.47. The molecule has 0 aromatic carbocycles. The lowest BCUT2D eigenvalue weighted by Crippen LogP contribution is -2.30. The molecule has 0 aromatic heterocycles. The summed E-state index contributed by atoms with van der Waals surface area (Å²) in [5.41, 5.74) is 0. The van der Waals surface area contributed by atoms with Crippen molar-refractivity contribution in [1.29, 1.82) is 0 Å². The number of unbranched alkanes of at least 4 members (excludes halogenated alkanes) is 7. The van der Waals surface area contributed by atoms with E-state index in [1.54, 1.807) is 0 Å². The van der Waals surface area contributed by atoms with Gasteiger partial charge in [0.25, 0.3) is 0 Å². The van der Waals surface area contributed by atoms with Crippen LogP contribution in [0.15, 0.2) is 158 Å². The molecule has 0 amide bonds. The lowest BCUT2D eigenvalue weighted by atomic mass is 10.1. The maximum atomic E-state index is 12.9. The van der Waals surface area contributed by atoms with Crippen molar-refractivity contribution in [3.05, 3.63) is 158 Å². The van der Waals surface area contributed by atoms with Crippen molar-refractivity contribution in [1.82, 2.24) is 0 Å². The smallest absolute Gasteiger partial charge is 0.462 e. The number of ether oxygens (including phenoxy) is 3. The Labute approximate surface area is 460 Å². The summed E-state index contributed by atoms with van der Waals surface area (Å²) in [5, 5.41) is 9.80. The molecule has 0 aliphatic rings. The van der Waals surface area contributed by atoms with Gasteiger partial charge in [0, 0.05) is 19.3 Å². The maximum Gasteiger partial charge on any atom is 0.472 e. The Morgan fingerprint density at radius 1 is 0.382 bits per heavy atom. The van der Waals surface area contributed by atoms with Crippen LogP contribution in [0.2, 0.25) is 0 Å². The van der Waals surface area contributed by atoms with Gasteiger partial charge in [-0.05, 0) is 122 Å². The summed E-state index contributed by atoms with van der Waals surface area (Å²) in [4.78, 5) is 48.5. The van der Waals surface area contributed by atoms with Gasteiger partial charge in [0.2, 0.25) is 0 Å². The van der Waals surface area contributed by atoms with Crippen LogP contribution in [0.4, 0.5) is 0 Å². The zero-order valence-electron chi connectivity index (χ0n) is 46.9. The average Bonchev–Trinajstić information content (AvgIpc) is 3.41. The summed E-state index contributed by atoms with van der Waals surface area (Å²) in [6, 6.07) is 0. The van der Waals surface area contributed by atoms with Crippen molar-refractivity contribution in [3.63, 3.8) is 0 Å². The van der Waals surface area contributed by atoms with Gasteiger partial charge in [-0.1, -0.05) is 204 Å². The molecule has 12 heteroatoms. The van der Waals surface area contributed by atoms with Crippen molar-refractivity contribution in [2.75, 3.05) is 26.4 Å². The number of allylic oxidation sites excluding steroid dienone is 26. The average molecular weight is 1080 g/mol. The Bertz CT molecular complexity index is 1880. The van der Waals surface area contributed by atoms with Gasteiger partial charge in [-0.3, -0.25) is 23.4 Å². The van der Waals surface area contributed by atoms with Crippen molar-refractivity contribution in [2.45, 2.75) is 200 Å². The predicted molar refractivity (Wildman–Crippen MR) is 315 cm³/mol. The number of hydrogen-bond donors (Lipinski definition) is 2. The van der Waals surface area contributed by atoms with Crippen LogP contribution in [0.1, 0.15) is 188 Å². The van der Waals surface area contributed by atoms with E-state index >= 15 is 0 Å². The molecule has 0 aliphatic heterocycles. The minimum atomic E-state index is -4.79. The van der Waals surface area contributed by atoms with Crippen LogP contribution in [0, 0.1) is 0 Å². The summed E-state index contributed by atoms with van der Waals surface area (Å²) >= 11 is 0. The van der Waals surface area contributed by atoms with Gasteiger partial charge in [-0.2, -0.15) is 0 Å². The van der Waals surface area contributed by atoms with Gasteiger partial charge in [-0.15, -0.1) is 0 Å². The predicted octanol–water partition coefficient (Wildman–Crippen LogP) is 16.9. The molecule has 426 valence electrons. The molecule has 11 nitrogen and oxygen atoms in total. The summed E-state index contributed by atoms with van der Waals surface area (Å²) in [6.07, 6.45) is 73.7. The van der Waals surface area contributed by atoms with E-state index in [-0.39, 0.29) is 19.3 Å². The second-order valence-electron chi connectivity index (χ2n) is 18.0. The van der Waals surface area contributed by atoms with Crippen molar-refractivity contribution >= 4 is 25.7 Å². The molecule has 0 saturated heterocycles. The minimum absolute atomic E-state index is 0.0628. The lowest BCUT2D eigenvalue weighted by molar-refractivity contribution is -0.161. The number of carbonyl (C=O) groups excluding carboxylic acids is 3. The first-order valence-electron chi connectivity index (χ1n) is 28.4. The highest BCUT2D eigenvalue weighted by atomic mass is 31.2. The lowest BCUT2D eigenvalue weighted by Gasteiger charge is -2.21. The number of esters is 3. The van der Waals surface area contributed by atoms with Crippen LogP contribution in [-0.4, -0.2) is 66.5 Å². The number of phosphoric ester groups is 1. The molecule has 0 bridgehead atoms. The van der Waals surface area contributed by atoms with E-state index < -0.39 is 64.4 Å². The quantitative estimate of drug-likeness (QED) is 0.0197. The third-order valence-electron chi connectivity index (χ3n) is 10.9. The van der Waals surface area contributed by atoms with E-state index in [9.17, 15) is 28.9 Å². The Morgan fingerprint density at radius 3 is 1.16 bits per heavy atom. The number of carbonyl (C=O) groups is 3. The summed E-state index contributed by atoms with van der Waals surface area (Å²) in [5.74, 6) is -1.68. The van der Waals surface area contributed by atoms with Crippen LogP contribution >= 0.6 is 7.82 Å². The summed E-state index contributed by atoms with van der Waals surface area (Å²) < 4.78 is 39.3. The fourth-order valence-corrected chi connectivity index (χ4v) is 7.47. The monoisotopic (exact) mass is 1070 g/mol. The van der Waals surface area contributed by atoms with E-state index in [1.165, 1.54) is 0 Å². The summed E-state index contributed by atoms with van der Waals surface area (Å²) in [6.45, 7) is 4.15. The van der Waals surface area contributed by atoms with Crippen LogP contribution < -0.4 is 0 Å². The molecule has 2 N–H and O–H groups in total. The van der Waals surface area contributed by atoms with Crippen LogP contribution in [0.25, 0.3) is 0 Å². The Hall–Kier alpha value is -4.90. The van der Waals surface area contributed by atoms with Gasteiger partial charge in [0.15, 0.2) is 6.10 Å². The maximum absolute atomic E-state index is 12.9. The number of hydrogen-bond acceptors (Lipinski definition) is 10. The number of aliphatic hydroxyl groups excluding tert-OH is 1. The third kappa shape index (κ3) is 53.9. The topological polar surface area (TPSA) is 155 Å². The van der Waals surface area contributed by atoms with E-state index in [0.29, 0.717) is 25.7 Å². The molecular weight excluding hydrogens is 976 g/mol. The molecule has 3 unspecified atom stereocenters. The molecule has 0 rings (SSSR count). The standard InChI is InChI=1S/C64H99O11P/c1-4-7-10-13-16-19-22-25-27-29-30-32-33-36-38-41-44-47-50-53-62(66)71-57-61(75-64(68)55-52-49-46-43-40-37-34-31-28-26-23-20-17-14-11-8-5-2)59-73-76(69,70)72-58-60(56-65)74-63(67)54-51-48-45-42-39-35-24-21-18-15-12-9-6-3/h7-8,10-12,15-17,19-21,24-28,30,32,34,36-38,43-44,46-47,60-61,65H,4-6,9,13-14,18,22-23,29,31,33,35,39-42,45,48-59H2,1-3H3,(H,69,70)/b10-7-,11-8-,15-12-,19-16-,20-17-,24-21-,27-25-,28-26-,32-30-,37-34-,38-36-,46-43-,47-44-. The van der Waals surface area contributed by atoms with Crippen LogP contribution in [0.3, 0.4) is 0 Å². The highest BCUT2D eigenvalue weighted by Crippen LogP contribution is 2.43. The molecule has 0 saturated carbocycles. The third-order valence-corrected chi connectivity index (χ3v) is 11.9. The Balaban J connectivity index is 4.97. The summed E-state index contributed by atoms with van der Waals surface area (Å²) in [7, 11) is -4.79. The van der Waals surface area contributed by atoms with Crippen molar-refractivity contribution in [2.24, 2.45) is 0 Å². The SMILES string of the molecule is CC/C=C\C/C=C\C/C=C\C/C=C\C/C=C\C/C=C\CCC(=O)OCC(COP(=O)(O)OCC(CO)OC(=O)CCCCCCC/C=C\C/C=C\CCC)OC(=O)CCC/C=C\C/C=C\C/C=C\C/C=C\C/C=C\CC. The van der Waals surface area contributed by atoms with Crippen molar-refractivity contribution in [3.8, 4) is 0 Å². The largest absolute Gasteiger partial charge is 0.472 e. The molecule has 0 aliphatic carbocycles. The number of phosphoric acid groups is 1. The van der Waals surface area contributed by atoms with E-state index in [1.807, 2.05) is 24.3 Å². The fraction of sp³-hybridized carbons (Fsp3) is 0.547. The molecular formula is C64H99O11P. The zero-order valence-corrected chi connectivity index (χ0v) is 47.8. The molecule has 76 heavy (non-hydrogen) atoms. The first-order chi connectivity index (χ1) is 37.2. The minimum Gasteiger partial charge on any atom is -0.462 e. The van der Waals surface area contributed by atoms with Crippen LogP contribution in [0.5, 0.6) is 0 Å². The second-order valence-corrected chi connectivity index (χ2v) is 19.4. The number of aliphatic hydroxyl groups is 1. The van der Waals surface area contributed by atoms with Gasteiger partial charge in [0.1, 0.15) is 12.7 Å². The van der Waals surface area contributed by atoms with E-state index in [4.69, 9.17) is 23.3 Å². The van der Waals surface area contributed by atoms with E-state index in [0.717, 1.165) is 122 Å². The normalized spacial score (nSPS) is 14.5. The molecule has 0 aromatic rings. The van der Waals surface area contributed by atoms with Gasteiger partial charge < -0.3 is 24.2 Å². The molecule has 0 radical (unpaired) electrons. The van der Waals surface area contributed by atoms with E-state index in [2.05, 4.69) is 154 Å². The van der Waals surface area contributed by atoms with Gasteiger partial charge in [0.05, 0.1) is 19.8 Å². The second kappa shape index (κ2) is 56.3. The Morgan fingerprint density at radius 2 is 0.724 bits per heavy atom. The molecule has 0 fully saturated rings.